The lowest BCUT2D eigenvalue weighted by Gasteiger charge is -2.18. The van der Waals surface area contributed by atoms with E-state index in [0.29, 0.717) is 21.5 Å². The van der Waals surface area contributed by atoms with Gasteiger partial charge in [0.05, 0.1) is 10.3 Å². The fraction of sp³-hybridized carbons (Fsp3) is 0.350. The van der Waals surface area contributed by atoms with Crippen LogP contribution >= 0.6 is 35.0 Å². The number of carbonyl (C=O) groups is 1. The third-order valence-electron chi connectivity index (χ3n) is 3.77. The van der Waals surface area contributed by atoms with Gasteiger partial charge in [-0.2, -0.15) is 0 Å². The molecule has 3 nitrogen and oxygen atoms in total. The Bertz CT molecular complexity index is 780. The van der Waals surface area contributed by atoms with E-state index < -0.39 is 0 Å². The zero-order valence-corrected chi connectivity index (χ0v) is 17.7. The van der Waals surface area contributed by atoms with E-state index in [-0.39, 0.29) is 11.2 Å². The maximum Gasteiger partial charge on any atom is 0.235 e. The second-order valence-electron chi connectivity index (χ2n) is 6.19. The number of hydrogen-bond donors (Lipinski definition) is 0. The van der Waals surface area contributed by atoms with E-state index in [0.717, 1.165) is 17.7 Å². The standard InChI is InChI=1S/C20H23Cl2NO2S/c1-5-6-14-7-9-16(25-18-10-8-15(21)11-17(18)22)12-19(14)26-13(2)20(24)23(3)4/h7-13H,5-6H2,1-4H3. The molecule has 0 aliphatic carbocycles. The van der Waals surface area contributed by atoms with Crippen LogP contribution in [0.25, 0.3) is 0 Å². The molecule has 0 spiro atoms. The van der Waals surface area contributed by atoms with Crippen molar-refractivity contribution in [3.63, 3.8) is 0 Å². The van der Waals surface area contributed by atoms with E-state index in [9.17, 15) is 4.79 Å². The quantitative estimate of drug-likeness (QED) is 0.500. The van der Waals surface area contributed by atoms with Gasteiger partial charge < -0.3 is 9.64 Å². The molecule has 6 heteroatoms. The van der Waals surface area contributed by atoms with E-state index in [1.807, 2.05) is 19.1 Å². The summed E-state index contributed by atoms with van der Waals surface area (Å²) in [5.74, 6) is 1.32. The lowest BCUT2D eigenvalue weighted by Crippen LogP contribution is -2.29. The molecule has 2 aromatic carbocycles. The molecule has 140 valence electrons. The Labute approximate surface area is 169 Å². The van der Waals surface area contributed by atoms with Crippen molar-refractivity contribution in [3.05, 3.63) is 52.0 Å². The summed E-state index contributed by atoms with van der Waals surface area (Å²) in [6.45, 7) is 4.06. The fourth-order valence-corrected chi connectivity index (χ4v) is 4.12. The highest BCUT2D eigenvalue weighted by Crippen LogP contribution is 2.36. The Morgan fingerprint density at radius 1 is 1.19 bits per heavy atom. The molecule has 2 aromatic rings. The highest BCUT2D eigenvalue weighted by Gasteiger charge is 2.18. The van der Waals surface area contributed by atoms with Crippen molar-refractivity contribution in [2.24, 2.45) is 0 Å². The van der Waals surface area contributed by atoms with Crippen LogP contribution in [0.15, 0.2) is 41.3 Å². The summed E-state index contributed by atoms with van der Waals surface area (Å²) in [6, 6.07) is 11.1. The summed E-state index contributed by atoms with van der Waals surface area (Å²) in [5, 5.41) is 0.850. The van der Waals surface area contributed by atoms with Crippen LogP contribution in [0.2, 0.25) is 10.0 Å². The average Bonchev–Trinajstić information content (AvgIpc) is 2.59. The zero-order valence-electron chi connectivity index (χ0n) is 15.4. The molecule has 0 saturated carbocycles. The van der Waals surface area contributed by atoms with Crippen molar-refractivity contribution >= 4 is 40.9 Å². The molecule has 0 bridgehead atoms. The molecule has 0 aliphatic rings. The molecule has 1 atom stereocenters. The summed E-state index contributed by atoms with van der Waals surface area (Å²) in [4.78, 5) is 14.9. The molecule has 0 aromatic heterocycles. The molecule has 0 aliphatic heterocycles. The summed E-state index contributed by atoms with van der Waals surface area (Å²) in [5.41, 5.74) is 1.21. The van der Waals surface area contributed by atoms with Crippen molar-refractivity contribution in [1.29, 1.82) is 0 Å². The van der Waals surface area contributed by atoms with Gasteiger partial charge in [-0.3, -0.25) is 4.79 Å². The van der Waals surface area contributed by atoms with Gasteiger partial charge in [0.15, 0.2) is 0 Å². The monoisotopic (exact) mass is 411 g/mol. The van der Waals surface area contributed by atoms with Crippen LogP contribution in [-0.2, 0) is 11.2 Å². The lowest BCUT2D eigenvalue weighted by atomic mass is 10.1. The highest BCUT2D eigenvalue weighted by atomic mass is 35.5. The molecular weight excluding hydrogens is 389 g/mol. The number of hydrogen-bond acceptors (Lipinski definition) is 3. The number of thioether (sulfide) groups is 1. The van der Waals surface area contributed by atoms with E-state index >= 15 is 0 Å². The van der Waals surface area contributed by atoms with Gasteiger partial charge >= 0.3 is 0 Å². The lowest BCUT2D eigenvalue weighted by molar-refractivity contribution is -0.127. The molecule has 0 saturated heterocycles. The van der Waals surface area contributed by atoms with E-state index in [4.69, 9.17) is 27.9 Å². The van der Waals surface area contributed by atoms with Gasteiger partial charge in [-0.1, -0.05) is 42.6 Å². The minimum absolute atomic E-state index is 0.0875. The number of nitrogens with zero attached hydrogens (tertiary/aromatic N) is 1. The SMILES string of the molecule is CCCc1ccc(Oc2ccc(Cl)cc2Cl)cc1SC(C)C(=O)N(C)C. The van der Waals surface area contributed by atoms with Crippen molar-refractivity contribution in [3.8, 4) is 11.5 Å². The van der Waals surface area contributed by atoms with Crippen LogP contribution in [0, 0.1) is 0 Å². The number of aryl methyl sites for hydroxylation is 1. The third kappa shape index (κ3) is 5.57. The number of rotatable bonds is 7. The maximum atomic E-state index is 12.2. The Hall–Kier alpha value is -1.36. The summed E-state index contributed by atoms with van der Waals surface area (Å²) in [6.07, 6.45) is 1.99. The summed E-state index contributed by atoms with van der Waals surface area (Å²) < 4.78 is 5.93. The summed E-state index contributed by atoms with van der Waals surface area (Å²) >= 11 is 13.7. The molecule has 0 heterocycles. The van der Waals surface area contributed by atoms with Gasteiger partial charge in [-0.15, -0.1) is 11.8 Å². The van der Waals surface area contributed by atoms with Crippen molar-refractivity contribution < 1.29 is 9.53 Å². The first kappa shape index (κ1) is 20.9. The van der Waals surface area contributed by atoms with Crippen LogP contribution < -0.4 is 4.74 Å². The van der Waals surface area contributed by atoms with Crippen molar-refractivity contribution in [2.75, 3.05) is 14.1 Å². The topological polar surface area (TPSA) is 29.5 Å². The molecule has 0 radical (unpaired) electrons. The van der Waals surface area contributed by atoms with Crippen molar-refractivity contribution in [2.45, 2.75) is 36.8 Å². The third-order valence-corrected chi connectivity index (χ3v) is 5.49. The Kier molecular flexibility index (Phi) is 7.69. The number of benzene rings is 2. The second-order valence-corrected chi connectivity index (χ2v) is 8.42. The largest absolute Gasteiger partial charge is 0.456 e. The van der Waals surface area contributed by atoms with Gasteiger partial charge in [0, 0.05) is 24.0 Å². The molecule has 26 heavy (non-hydrogen) atoms. The fourth-order valence-electron chi connectivity index (χ4n) is 2.47. The van der Waals surface area contributed by atoms with Gasteiger partial charge in [-0.05, 0) is 49.2 Å². The number of amides is 1. The first-order chi connectivity index (χ1) is 12.3. The molecule has 0 fully saturated rings. The Balaban J connectivity index is 2.27. The number of ether oxygens (including phenoxy) is 1. The molecule has 2 rings (SSSR count). The van der Waals surface area contributed by atoms with Gasteiger partial charge in [0.1, 0.15) is 11.5 Å². The average molecular weight is 412 g/mol. The van der Waals surface area contributed by atoms with E-state index in [2.05, 4.69) is 13.0 Å². The normalized spacial score (nSPS) is 11.9. The minimum Gasteiger partial charge on any atom is -0.456 e. The molecular formula is C20H23Cl2NO2S. The van der Waals surface area contributed by atoms with Gasteiger partial charge in [-0.25, -0.2) is 0 Å². The first-order valence-corrected chi connectivity index (χ1v) is 10.1. The van der Waals surface area contributed by atoms with Gasteiger partial charge in [0.25, 0.3) is 0 Å². The van der Waals surface area contributed by atoms with Crippen LogP contribution in [0.1, 0.15) is 25.8 Å². The molecule has 1 amide bonds. The minimum atomic E-state index is -0.171. The Morgan fingerprint density at radius 2 is 1.92 bits per heavy atom. The van der Waals surface area contributed by atoms with Crippen LogP contribution in [0.3, 0.4) is 0 Å². The van der Waals surface area contributed by atoms with Crippen LogP contribution in [-0.4, -0.2) is 30.2 Å². The maximum absolute atomic E-state index is 12.2. The second kappa shape index (κ2) is 9.54. The van der Waals surface area contributed by atoms with Gasteiger partial charge in [0.2, 0.25) is 5.91 Å². The molecule has 1 unspecified atom stereocenters. The van der Waals surface area contributed by atoms with Crippen LogP contribution in [0.5, 0.6) is 11.5 Å². The van der Waals surface area contributed by atoms with E-state index in [1.54, 1.807) is 49.0 Å². The zero-order chi connectivity index (χ0) is 19.3. The Morgan fingerprint density at radius 3 is 2.54 bits per heavy atom. The highest BCUT2D eigenvalue weighted by molar-refractivity contribution is 8.00. The predicted molar refractivity (Wildman–Crippen MR) is 111 cm³/mol. The molecule has 0 N–H and O–H groups in total. The van der Waals surface area contributed by atoms with E-state index in [1.165, 1.54) is 5.56 Å². The number of halogens is 2. The smallest absolute Gasteiger partial charge is 0.235 e. The number of carbonyl (C=O) groups excluding carboxylic acids is 1. The predicted octanol–water partition coefficient (Wildman–Crippen LogP) is 6.31. The first-order valence-electron chi connectivity index (χ1n) is 8.45. The van der Waals surface area contributed by atoms with Crippen molar-refractivity contribution in [1.82, 2.24) is 4.90 Å². The van der Waals surface area contributed by atoms with Crippen LogP contribution in [0.4, 0.5) is 0 Å². The summed E-state index contributed by atoms with van der Waals surface area (Å²) in [7, 11) is 3.54.